The van der Waals surface area contributed by atoms with Crippen LogP contribution in [0.5, 0.6) is 11.5 Å². The van der Waals surface area contributed by atoms with Crippen LogP contribution in [0.3, 0.4) is 0 Å². The summed E-state index contributed by atoms with van der Waals surface area (Å²) in [6, 6.07) is 9.50. The Morgan fingerprint density at radius 2 is 1.67 bits per heavy atom. The molecular formula is C20H27N3O7. The summed E-state index contributed by atoms with van der Waals surface area (Å²) in [6.07, 6.45) is 4.13. The van der Waals surface area contributed by atoms with E-state index in [-0.39, 0.29) is 6.61 Å². The number of nitrogens with one attached hydrogen (secondary N) is 1. The van der Waals surface area contributed by atoms with E-state index >= 15 is 0 Å². The van der Waals surface area contributed by atoms with Crippen LogP contribution < -0.4 is 14.8 Å². The van der Waals surface area contributed by atoms with Gasteiger partial charge >= 0.3 is 11.9 Å². The van der Waals surface area contributed by atoms with Gasteiger partial charge in [0, 0.05) is 37.1 Å². The zero-order chi connectivity index (χ0) is 22.4. The van der Waals surface area contributed by atoms with Gasteiger partial charge in [0.05, 0.1) is 0 Å². The summed E-state index contributed by atoms with van der Waals surface area (Å²) >= 11 is 0. The molecule has 0 radical (unpaired) electrons. The van der Waals surface area contributed by atoms with Gasteiger partial charge in [-0.3, -0.25) is 0 Å². The Balaban J connectivity index is 0.000000479. The largest absolute Gasteiger partial charge is 0.491 e. The van der Waals surface area contributed by atoms with Gasteiger partial charge < -0.3 is 30.1 Å². The lowest BCUT2D eigenvalue weighted by Gasteiger charge is -2.15. The third-order valence-electron chi connectivity index (χ3n) is 3.32. The van der Waals surface area contributed by atoms with Gasteiger partial charge in [-0.25, -0.2) is 14.3 Å². The van der Waals surface area contributed by atoms with Gasteiger partial charge in [0.2, 0.25) is 0 Å². The number of aromatic nitrogens is 2. The zero-order valence-corrected chi connectivity index (χ0v) is 16.8. The standard InChI is InChI=1S/C16H23N3O3.C4H4O4/c1-13(2)17-10-14(20)11-21-15-4-6-16(7-5-15)22-12-19-9-3-8-18-19;5-3(6)1-2-4(7)8/h3-9,13-14,17,20H,10-12H2,1-2H3;1-2H,(H,5,6)(H,7,8)/b;2-1-. The Morgan fingerprint density at radius 1 is 1.10 bits per heavy atom. The zero-order valence-electron chi connectivity index (χ0n) is 16.8. The highest BCUT2D eigenvalue weighted by Gasteiger charge is 2.06. The van der Waals surface area contributed by atoms with Crippen LogP contribution in [0, 0.1) is 0 Å². The minimum Gasteiger partial charge on any atom is -0.491 e. The smallest absolute Gasteiger partial charge is 0.328 e. The van der Waals surface area contributed by atoms with Gasteiger partial charge in [-0.1, -0.05) is 13.8 Å². The summed E-state index contributed by atoms with van der Waals surface area (Å²) in [4.78, 5) is 19.1. The van der Waals surface area contributed by atoms with E-state index in [1.165, 1.54) is 0 Å². The van der Waals surface area contributed by atoms with E-state index in [0.717, 1.165) is 5.75 Å². The number of aliphatic hydroxyl groups is 1. The lowest BCUT2D eigenvalue weighted by atomic mass is 10.3. The highest BCUT2D eigenvalue weighted by Crippen LogP contribution is 2.18. The van der Waals surface area contributed by atoms with Crippen LogP contribution in [-0.4, -0.2) is 62.3 Å². The molecule has 0 saturated carbocycles. The first-order valence-electron chi connectivity index (χ1n) is 9.14. The molecule has 1 aromatic heterocycles. The van der Waals surface area contributed by atoms with Crippen molar-refractivity contribution >= 4 is 11.9 Å². The number of carboxylic acids is 2. The topological polar surface area (TPSA) is 143 Å². The van der Waals surface area contributed by atoms with E-state index in [0.29, 0.717) is 37.2 Å². The molecule has 0 spiro atoms. The number of rotatable bonds is 11. The molecule has 1 unspecified atom stereocenters. The maximum atomic E-state index is 9.78. The second-order valence-corrected chi connectivity index (χ2v) is 6.33. The summed E-state index contributed by atoms with van der Waals surface area (Å²) in [5.74, 6) is -1.07. The number of nitrogens with zero attached hydrogens (tertiary/aromatic N) is 2. The molecule has 0 fully saturated rings. The van der Waals surface area contributed by atoms with Crippen LogP contribution >= 0.6 is 0 Å². The second-order valence-electron chi connectivity index (χ2n) is 6.33. The van der Waals surface area contributed by atoms with E-state index in [1.807, 2.05) is 50.4 Å². The first kappa shape index (κ1) is 24.7. The third kappa shape index (κ3) is 12.2. The van der Waals surface area contributed by atoms with E-state index in [1.54, 1.807) is 10.9 Å². The van der Waals surface area contributed by atoms with Crippen molar-refractivity contribution in [2.75, 3.05) is 13.2 Å². The number of carbonyl (C=O) groups is 2. The first-order valence-corrected chi connectivity index (χ1v) is 9.14. The molecule has 30 heavy (non-hydrogen) atoms. The molecule has 10 heteroatoms. The molecular weight excluding hydrogens is 394 g/mol. The average molecular weight is 421 g/mol. The fourth-order valence-electron chi connectivity index (χ4n) is 1.92. The summed E-state index contributed by atoms with van der Waals surface area (Å²) in [5, 5.41) is 32.6. The number of hydrogen-bond acceptors (Lipinski definition) is 7. The van der Waals surface area contributed by atoms with Gasteiger partial charge in [0.15, 0.2) is 6.73 Å². The van der Waals surface area contributed by atoms with Crippen molar-refractivity contribution < 1.29 is 34.4 Å². The SMILES string of the molecule is CC(C)NCC(O)COc1ccc(OCn2cccn2)cc1.O=C(O)/C=C\C(=O)O. The van der Waals surface area contributed by atoms with Crippen LogP contribution in [0.2, 0.25) is 0 Å². The maximum Gasteiger partial charge on any atom is 0.328 e. The van der Waals surface area contributed by atoms with E-state index in [9.17, 15) is 14.7 Å². The van der Waals surface area contributed by atoms with Crippen molar-refractivity contribution in [1.82, 2.24) is 15.1 Å². The monoisotopic (exact) mass is 421 g/mol. The van der Waals surface area contributed by atoms with E-state index < -0.39 is 18.0 Å². The number of hydrogen-bond donors (Lipinski definition) is 4. The second kappa shape index (κ2) is 13.7. The molecule has 164 valence electrons. The van der Waals surface area contributed by atoms with Crippen molar-refractivity contribution in [3.8, 4) is 11.5 Å². The highest BCUT2D eigenvalue weighted by atomic mass is 16.5. The summed E-state index contributed by atoms with van der Waals surface area (Å²) in [5.41, 5.74) is 0. The quantitative estimate of drug-likeness (QED) is 0.396. The molecule has 2 rings (SSSR count). The lowest BCUT2D eigenvalue weighted by molar-refractivity contribution is -0.134. The van der Waals surface area contributed by atoms with Gasteiger partial charge in [0.1, 0.15) is 24.2 Å². The Hall–Kier alpha value is -3.37. The molecule has 4 N–H and O–H groups in total. The first-order chi connectivity index (χ1) is 14.3. The minimum absolute atomic E-state index is 0.257. The fourth-order valence-corrected chi connectivity index (χ4v) is 1.92. The normalized spacial score (nSPS) is 11.6. The number of ether oxygens (including phenoxy) is 2. The Labute approximate surface area is 174 Å². The van der Waals surface area contributed by atoms with Crippen molar-refractivity contribution in [2.45, 2.75) is 32.7 Å². The predicted molar refractivity (Wildman–Crippen MR) is 108 cm³/mol. The third-order valence-corrected chi connectivity index (χ3v) is 3.32. The molecule has 0 aliphatic heterocycles. The van der Waals surface area contributed by atoms with E-state index in [4.69, 9.17) is 19.7 Å². The minimum atomic E-state index is -1.26. The maximum absolute atomic E-state index is 9.78. The van der Waals surface area contributed by atoms with Gasteiger partial charge in [-0.05, 0) is 30.3 Å². The molecule has 0 aliphatic rings. The number of carboxylic acid groups (broad SMARTS) is 2. The van der Waals surface area contributed by atoms with Crippen molar-refractivity contribution in [3.63, 3.8) is 0 Å². The Bertz CT molecular complexity index is 758. The van der Waals surface area contributed by atoms with Crippen LogP contribution in [0.1, 0.15) is 13.8 Å². The predicted octanol–water partition coefficient (Wildman–Crippen LogP) is 1.37. The van der Waals surface area contributed by atoms with Crippen LogP contribution in [0.25, 0.3) is 0 Å². The summed E-state index contributed by atoms with van der Waals surface area (Å²) in [7, 11) is 0. The van der Waals surface area contributed by atoms with Crippen molar-refractivity contribution in [3.05, 3.63) is 54.9 Å². The molecule has 0 saturated heterocycles. The van der Waals surface area contributed by atoms with Gasteiger partial charge in [-0.2, -0.15) is 5.10 Å². The van der Waals surface area contributed by atoms with Crippen molar-refractivity contribution in [2.24, 2.45) is 0 Å². The van der Waals surface area contributed by atoms with Crippen LogP contribution in [0.4, 0.5) is 0 Å². The number of benzene rings is 1. The summed E-state index contributed by atoms with van der Waals surface area (Å²) < 4.78 is 12.8. The Kier molecular flexibility index (Phi) is 11.3. The Morgan fingerprint density at radius 3 is 2.13 bits per heavy atom. The molecule has 0 bridgehead atoms. The molecule has 1 aromatic carbocycles. The molecule has 0 aliphatic carbocycles. The highest BCUT2D eigenvalue weighted by molar-refractivity contribution is 5.89. The van der Waals surface area contributed by atoms with Gasteiger partial charge in [-0.15, -0.1) is 0 Å². The van der Waals surface area contributed by atoms with Crippen LogP contribution in [0.15, 0.2) is 54.9 Å². The van der Waals surface area contributed by atoms with E-state index in [2.05, 4.69) is 10.4 Å². The fraction of sp³-hybridized carbons (Fsp3) is 0.350. The van der Waals surface area contributed by atoms with Crippen molar-refractivity contribution in [1.29, 1.82) is 0 Å². The summed E-state index contributed by atoms with van der Waals surface area (Å²) in [6.45, 7) is 5.22. The molecule has 2 aromatic rings. The molecule has 1 atom stereocenters. The lowest BCUT2D eigenvalue weighted by Crippen LogP contribution is -2.35. The molecule has 10 nitrogen and oxygen atoms in total. The molecule has 0 amide bonds. The number of aliphatic carboxylic acids is 2. The number of aliphatic hydroxyl groups excluding tert-OH is 1. The van der Waals surface area contributed by atoms with Crippen LogP contribution in [-0.2, 0) is 16.3 Å². The van der Waals surface area contributed by atoms with Gasteiger partial charge in [0.25, 0.3) is 0 Å². The average Bonchev–Trinajstić information content (AvgIpc) is 3.22. The molecule has 1 heterocycles.